The molecule has 1 heterocycles. The van der Waals surface area contributed by atoms with Crippen LogP contribution >= 0.6 is 0 Å². The Kier molecular flexibility index (Phi) is 7.36. The Morgan fingerprint density at radius 3 is 2.79 bits per heavy atom. The highest BCUT2D eigenvalue weighted by Crippen LogP contribution is 2.09. The van der Waals surface area contributed by atoms with Crippen molar-refractivity contribution in [2.75, 3.05) is 38.3 Å². The van der Waals surface area contributed by atoms with Gasteiger partial charge in [-0.3, -0.25) is 4.98 Å². The van der Waals surface area contributed by atoms with E-state index in [0.717, 1.165) is 37.7 Å². The molecule has 0 atom stereocenters. The molecule has 0 saturated heterocycles. The average molecular weight is 266 g/mol. The molecule has 0 amide bonds. The zero-order valence-electron chi connectivity index (χ0n) is 12.5. The molecule has 0 aliphatic carbocycles. The van der Waals surface area contributed by atoms with Crippen molar-refractivity contribution in [2.45, 2.75) is 27.3 Å². The van der Waals surface area contributed by atoms with Gasteiger partial charge in [-0.05, 0) is 19.4 Å². The number of likely N-dealkylation sites (N-methyl/N-ethyl adjacent to an activating group) is 1. The van der Waals surface area contributed by atoms with E-state index in [9.17, 15) is 0 Å². The van der Waals surface area contributed by atoms with Gasteiger partial charge in [-0.2, -0.15) is 0 Å². The second-order valence-corrected chi connectivity index (χ2v) is 4.97. The summed E-state index contributed by atoms with van der Waals surface area (Å²) in [5, 5.41) is 3.38. The lowest BCUT2D eigenvalue weighted by atomic mass is 10.2. The lowest BCUT2D eigenvalue weighted by Gasteiger charge is -2.21. The summed E-state index contributed by atoms with van der Waals surface area (Å²) >= 11 is 0. The van der Waals surface area contributed by atoms with Gasteiger partial charge >= 0.3 is 0 Å². The van der Waals surface area contributed by atoms with Crippen LogP contribution in [-0.2, 0) is 11.3 Å². The van der Waals surface area contributed by atoms with Crippen molar-refractivity contribution in [1.82, 2.24) is 15.3 Å². The zero-order valence-corrected chi connectivity index (χ0v) is 12.5. The first-order chi connectivity index (χ1) is 9.17. The molecule has 19 heavy (non-hydrogen) atoms. The van der Waals surface area contributed by atoms with E-state index in [4.69, 9.17) is 4.74 Å². The lowest BCUT2D eigenvalue weighted by molar-refractivity contribution is 0.205. The predicted octanol–water partition coefficient (Wildman–Crippen LogP) is 1.69. The number of ether oxygens (including phenoxy) is 1. The minimum atomic E-state index is 0.644. The summed E-state index contributed by atoms with van der Waals surface area (Å²) in [5.41, 5.74) is 0.981. The van der Waals surface area contributed by atoms with E-state index in [-0.39, 0.29) is 0 Å². The molecule has 0 saturated carbocycles. The topological polar surface area (TPSA) is 50.3 Å². The summed E-state index contributed by atoms with van der Waals surface area (Å²) in [6.07, 6.45) is 3.63. The summed E-state index contributed by atoms with van der Waals surface area (Å²) in [7, 11) is 1.71. The molecule has 0 bridgehead atoms. The Hall–Kier alpha value is -1.20. The van der Waals surface area contributed by atoms with Gasteiger partial charge in [0.25, 0.3) is 0 Å². The van der Waals surface area contributed by atoms with Crippen LogP contribution in [0.25, 0.3) is 0 Å². The number of anilines is 1. The fourth-order valence-electron chi connectivity index (χ4n) is 1.76. The second-order valence-electron chi connectivity index (χ2n) is 4.97. The van der Waals surface area contributed by atoms with Crippen LogP contribution in [0.2, 0.25) is 0 Å². The molecule has 0 unspecified atom stereocenters. The number of nitrogens with one attached hydrogen (secondary N) is 1. The van der Waals surface area contributed by atoms with Crippen molar-refractivity contribution in [3.63, 3.8) is 0 Å². The Labute approximate surface area is 116 Å². The van der Waals surface area contributed by atoms with Gasteiger partial charge in [0.2, 0.25) is 0 Å². The molecule has 0 aromatic carbocycles. The molecular weight excluding hydrogens is 240 g/mol. The summed E-state index contributed by atoms with van der Waals surface area (Å²) in [5.74, 6) is 1.56. The van der Waals surface area contributed by atoms with Crippen LogP contribution in [-0.4, -0.2) is 43.3 Å². The van der Waals surface area contributed by atoms with Crippen molar-refractivity contribution >= 4 is 5.82 Å². The summed E-state index contributed by atoms with van der Waals surface area (Å²) in [4.78, 5) is 11.1. The highest BCUT2D eigenvalue weighted by Gasteiger charge is 2.07. The van der Waals surface area contributed by atoms with Gasteiger partial charge in [0.1, 0.15) is 5.82 Å². The second kappa shape index (κ2) is 8.82. The van der Waals surface area contributed by atoms with E-state index in [1.807, 2.05) is 12.4 Å². The van der Waals surface area contributed by atoms with E-state index in [2.05, 4.69) is 41.0 Å². The maximum atomic E-state index is 5.11. The molecule has 1 aromatic rings. The third-order valence-electron chi connectivity index (χ3n) is 2.80. The fraction of sp³-hybridized carbons (Fsp3) is 0.714. The molecule has 1 aromatic heterocycles. The van der Waals surface area contributed by atoms with E-state index >= 15 is 0 Å². The monoisotopic (exact) mass is 266 g/mol. The van der Waals surface area contributed by atoms with Crippen LogP contribution in [0.3, 0.4) is 0 Å². The normalized spacial score (nSPS) is 11.0. The highest BCUT2D eigenvalue weighted by atomic mass is 16.5. The average Bonchev–Trinajstić information content (AvgIpc) is 2.40. The zero-order chi connectivity index (χ0) is 14.1. The summed E-state index contributed by atoms with van der Waals surface area (Å²) in [6, 6.07) is 0. The van der Waals surface area contributed by atoms with Crippen molar-refractivity contribution in [3.05, 3.63) is 18.1 Å². The van der Waals surface area contributed by atoms with Crippen LogP contribution in [0, 0.1) is 5.92 Å². The first-order valence-corrected chi connectivity index (χ1v) is 6.92. The molecule has 1 rings (SSSR count). The quantitative estimate of drug-likeness (QED) is 0.737. The molecule has 1 N–H and O–H groups in total. The number of nitrogens with zero attached hydrogens (tertiary/aromatic N) is 3. The SMILES string of the molecule is CCN(CCOC)c1cncc(CNCC(C)C)n1. The fourth-order valence-corrected chi connectivity index (χ4v) is 1.76. The van der Waals surface area contributed by atoms with Crippen molar-refractivity contribution in [3.8, 4) is 0 Å². The molecule has 5 heteroatoms. The molecule has 0 fully saturated rings. The van der Waals surface area contributed by atoms with Crippen molar-refractivity contribution < 1.29 is 4.74 Å². The number of methoxy groups -OCH3 is 1. The molecule has 0 aliphatic rings. The van der Waals surface area contributed by atoms with Crippen molar-refractivity contribution in [2.24, 2.45) is 5.92 Å². The molecule has 0 aliphatic heterocycles. The number of hydrogen-bond donors (Lipinski definition) is 1. The first-order valence-electron chi connectivity index (χ1n) is 6.92. The third-order valence-corrected chi connectivity index (χ3v) is 2.80. The van der Waals surface area contributed by atoms with Crippen LogP contribution in [0.15, 0.2) is 12.4 Å². The molecule has 108 valence electrons. The predicted molar refractivity (Wildman–Crippen MR) is 78.3 cm³/mol. The van der Waals surface area contributed by atoms with Gasteiger partial charge in [-0.15, -0.1) is 0 Å². The third kappa shape index (κ3) is 5.98. The van der Waals surface area contributed by atoms with E-state index in [1.54, 1.807) is 7.11 Å². The van der Waals surface area contributed by atoms with Gasteiger partial charge in [-0.25, -0.2) is 4.98 Å². The Morgan fingerprint density at radius 2 is 2.16 bits per heavy atom. The molecule has 0 spiro atoms. The largest absolute Gasteiger partial charge is 0.383 e. The number of hydrogen-bond acceptors (Lipinski definition) is 5. The number of rotatable bonds is 9. The standard InChI is InChI=1S/C14H26N4O/c1-5-18(6-7-19-4)14-11-16-10-13(17-14)9-15-8-12(2)3/h10-12,15H,5-9H2,1-4H3. The van der Waals surface area contributed by atoms with E-state index in [1.165, 1.54) is 0 Å². The van der Waals surface area contributed by atoms with Gasteiger partial charge in [0.15, 0.2) is 0 Å². The van der Waals surface area contributed by atoms with Gasteiger partial charge in [0.05, 0.1) is 18.5 Å². The minimum absolute atomic E-state index is 0.644. The van der Waals surface area contributed by atoms with Crippen LogP contribution in [0.5, 0.6) is 0 Å². The minimum Gasteiger partial charge on any atom is -0.383 e. The van der Waals surface area contributed by atoms with Gasteiger partial charge in [-0.1, -0.05) is 13.8 Å². The first kappa shape index (κ1) is 15.9. The van der Waals surface area contributed by atoms with Crippen LogP contribution in [0.4, 0.5) is 5.82 Å². The molecule has 0 radical (unpaired) electrons. The number of aromatic nitrogens is 2. The van der Waals surface area contributed by atoms with Crippen molar-refractivity contribution in [1.29, 1.82) is 0 Å². The summed E-state index contributed by atoms with van der Waals surface area (Å²) in [6.45, 7) is 10.7. The maximum Gasteiger partial charge on any atom is 0.147 e. The van der Waals surface area contributed by atoms with Gasteiger partial charge < -0.3 is 15.0 Å². The van der Waals surface area contributed by atoms with E-state index < -0.39 is 0 Å². The lowest BCUT2D eigenvalue weighted by Crippen LogP contribution is -2.28. The molecule has 5 nitrogen and oxygen atoms in total. The maximum absolute atomic E-state index is 5.11. The smallest absolute Gasteiger partial charge is 0.147 e. The van der Waals surface area contributed by atoms with Gasteiger partial charge in [0, 0.05) is 32.9 Å². The van der Waals surface area contributed by atoms with Crippen LogP contribution in [0.1, 0.15) is 26.5 Å². The van der Waals surface area contributed by atoms with Crippen LogP contribution < -0.4 is 10.2 Å². The highest BCUT2D eigenvalue weighted by molar-refractivity contribution is 5.36. The molecular formula is C14H26N4O. The van der Waals surface area contributed by atoms with E-state index in [0.29, 0.717) is 12.5 Å². The Balaban J connectivity index is 2.58. The Morgan fingerprint density at radius 1 is 1.37 bits per heavy atom. The Bertz CT molecular complexity index is 357. The summed E-state index contributed by atoms with van der Waals surface area (Å²) < 4.78 is 5.11.